The quantitative estimate of drug-likeness (QED) is 0.876. The summed E-state index contributed by atoms with van der Waals surface area (Å²) in [6.45, 7) is 0. The van der Waals surface area contributed by atoms with Gasteiger partial charge in [0, 0.05) is 28.9 Å². The number of hydrogen-bond donors (Lipinski definition) is 2. The predicted octanol–water partition coefficient (Wildman–Crippen LogP) is 4.12. The minimum Gasteiger partial charge on any atom is -0.387 e. The van der Waals surface area contributed by atoms with E-state index in [-0.39, 0.29) is 6.04 Å². The first-order valence-electron chi connectivity index (χ1n) is 8.59. The van der Waals surface area contributed by atoms with Crippen LogP contribution in [0.4, 0.5) is 5.69 Å². The summed E-state index contributed by atoms with van der Waals surface area (Å²) in [4.78, 5) is 4.20. The van der Waals surface area contributed by atoms with Crippen LogP contribution in [-0.2, 0) is 0 Å². The normalized spacial score (nSPS) is 31.7. The van der Waals surface area contributed by atoms with Gasteiger partial charge < -0.3 is 10.4 Å². The first kappa shape index (κ1) is 14.0. The molecule has 0 radical (unpaired) electrons. The third kappa shape index (κ3) is 2.28. The first-order valence-corrected chi connectivity index (χ1v) is 8.59. The van der Waals surface area contributed by atoms with Gasteiger partial charge in [-0.1, -0.05) is 31.4 Å². The molecule has 116 valence electrons. The summed E-state index contributed by atoms with van der Waals surface area (Å²) in [7, 11) is 0. The zero-order valence-electron chi connectivity index (χ0n) is 13.0. The van der Waals surface area contributed by atoms with Gasteiger partial charge in [-0.2, -0.15) is 0 Å². The van der Waals surface area contributed by atoms with Crippen molar-refractivity contribution < 1.29 is 5.11 Å². The average molecular weight is 296 g/mol. The lowest BCUT2D eigenvalue weighted by Gasteiger charge is -2.49. The molecule has 0 amide bonds. The summed E-state index contributed by atoms with van der Waals surface area (Å²) in [6.07, 6.45) is 11.8. The van der Waals surface area contributed by atoms with Crippen molar-refractivity contribution in [2.75, 3.05) is 5.32 Å². The molecule has 1 heterocycles. The average Bonchev–Trinajstić information content (AvgIpc) is 2.56. The van der Waals surface area contributed by atoms with Gasteiger partial charge >= 0.3 is 0 Å². The molecule has 2 aromatic rings. The van der Waals surface area contributed by atoms with Crippen LogP contribution in [0.2, 0.25) is 0 Å². The van der Waals surface area contributed by atoms with Crippen molar-refractivity contribution in [3.05, 3.63) is 36.7 Å². The molecular weight excluding hydrogens is 272 g/mol. The van der Waals surface area contributed by atoms with E-state index in [0.717, 1.165) is 30.3 Å². The molecule has 22 heavy (non-hydrogen) atoms. The number of pyridine rings is 1. The van der Waals surface area contributed by atoms with Crippen molar-refractivity contribution in [1.29, 1.82) is 0 Å². The van der Waals surface area contributed by atoms with Gasteiger partial charge in [-0.05, 0) is 43.7 Å². The fourth-order valence-electron chi connectivity index (χ4n) is 4.56. The number of nitrogens with zero attached hydrogens (tertiary/aromatic N) is 1. The lowest BCUT2D eigenvalue weighted by Crippen LogP contribution is -2.56. The van der Waals surface area contributed by atoms with Crippen molar-refractivity contribution in [3.8, 4) is 0 Å². The Kier molecular flexibility index (Phi) is 3.53. The molecule has 0 aliphatic heterocycles. The number of hydrogen-bond acceptors (Lipinski definition) is 3. The summed E-state index contributed by atoms with van der Waals surface area (Å²) in [6, 6.07) is 8.51. The third-order valence-electron chi connectivity index (χ3n) is 5.75. The van der Waals surface area contributed by atoms with Crippen molar-refractivity contribution in [1.82, 2.24) is 4.98 Å². The number of aromatic nitrogens is 1. The first-order chi connectivity index (χ1) is 10.8. The minimum atomic E-state index is -0.522. The van der Waals surface area contributed by atoms with Crippen LogP contribution in [0.5, 0.6) is 0 Å². The van der Waals surface area contributed by atoms with Crippen LogP contribution in [0.25, 0.3) is 10.8 Å². The highest BCUT2D eigenvalue weighted by Gasteiger charge is 2.47. The Labute approximate surface area is 131 Å². The smallest absolute Gasteiger partial charge is 0.0875 e. The van der Waals surface area contributed by atoms with E-state index in [1.807, 2.05) is 12.4 Å². The van der Waals surface area contributed by atoms with E-state index in [0.29, 0.717) is 5.92 Å². The molecule has 2 saturated carbocycles. The van der Waals surface area contributed by atoms with Crippen LogP contribution in [0, 0.1) is 5.92 Å². The highest BCUT2D eigenvalue weighted by molar-refractivity contribution is 5.93. The lowest BCUT2D eigenvalue weighted by molar-refractivity contribution is -0.0834. The van der Waals surface area contributed by atoms with Gasteiger partial charge in [-0.25, -0.2) is 0 Å². The molecule has 1 unspecified atom stereocenters. The van der Waals surface area contributed by atoms with Crippen LogP contribution in [-0.4, -0.2) is 21.7 Å². The van der Waals surface area contributed by atoms with Gasteiger partial charge in [0.05, 0.1) is 11.6 Å². The van der Waals surface area contributed by atoms with Gasteiger partial charge in [0.2, 0.25) is 0 Å². The second kappa shape index (κ2) is 5.54. The number of fused-ring (bicyclic) bond motifs is 2. The molecule has 3 nitrogen and oxygen atoms in total. The molecule has 3 heteroatoms. The third-order valence-corrected chi connectivity index (χ3v) is 5.75. The molecular formula is C19H24N2O. The van der Waals surface area contributed by atoms with Crippen molar-refractivity contribution in [2.45, 2.75) is 56.6 Å². The maximum absolute atomic E-state index is 11.3. The number of anilines is 1. The molecule has 0 spiro atoms. The Bertz CT molecular complexity index is 664. The maximum Gasteiger partial charge on any atom is 0.0875 e. The Balaban J connectivity index is 1.66. The van der Waals surface area contributed by atoms with E-state index in [4.69, 9.17) is 0 Å². The number of benzene rings is 1. The Hall–Kier alpha value is -1.61. The Morgan fingerprint density at radius 1 is 1.09 bits per heavy atom. The highest BCUT2D eigenvalue weighted by Crippen LogP contribution is 2.45. The number of rotatable bonds is 2. The molecule has 0 saturated heterocycles. The fourth-order valence-corrected chi connectivity index (χ4v) is 4.56. The van der Waals surface area contributed by atoms with Crippen LogP contribution < -0.4 is 5.32 Å². The van der Waals surface area contributed by atoms with Gasteiger partial charge in [-0.3, -0.25) is 4.98 Å². The summed E-state index contributed by atoms with van der Waals surface area (Å²) in [5.41, 5.74) is 0.607. The standard InChI is InChI=1S/C19H24N2O/c22-19-11-2-1-6-15(19)7-4-9-18(19)21-17-8-3-5-14-13-20-12-10-16(14)17/h3,5,8,10,12-13,15,18,21-22H,1-2,4,6-7,9,11H2/t15-,18?,19-/m1/s1. The maximum atomic E-state index is 11.3. The van der Waals surface area contributed by atoms with Crippen molar-refractivity contribution >= 4 is 16.5 Å². The summed E-state index contributed by atoms with van der Waals surface area (Å²) in [5.74, 6) is 0.476. The lowest BCUT2D eigenvalue weighted by atomic mass is 9.65. The van der Waals surface area contributed by atoms with Crippen LogP contribution >= 0.6 is 0 Å². The predicted molar refractivity (Wildman–Crippen MR) is 89.9 cm³/mol. The van der Waals surface area contributed by atoms with E-state index < -0.39 is 5.60 Å². The van der Waals surface area contributed by atoms with Gasteiger partial charge in [0.25, 0.3) is 0 Å². The summed E-state index contributed by atoms with van der Waals surface area (Å²) >= 11 is 0. The molecule has 4 rings (SSSR count). The van der Waals surface area contributed by atoms with E-state index >= 15 is 0 Å². The van der Waals surface area contributed by atoms with E-state index in [2.05, 4.69) is 34.6 Å². The zero-order chi connectivity index (χ0) is 15.0. The molecule has 3 atom stereocenters. The van der Waals surface area contributed by atoms with Gasteiger partial charge in [-0.15, -0.1) is 0 Å². The van der Waals surface area contributed by atoms with Crippen LogP contribution in [0.3, 0.4) is 0 Å². The summed E-state index contributed by atoms with van der Waals surface area (Å²) < 4.78 is 0. The van der Waals surface area contributed by atoms with E-state index in [9.17, 15) is 5.11 Å². The molecule has 0 bridgehead atoms. The second-order valence-corrected chi connectivity index (χ2v) is 6.96. The van der Waals surface area contributed by atoms with Crippen LogP contribution in [0.1, 0.15) is 44.9 Å². The molecule has 2 aliphatic carbocycles. The Morgan fingerprint density at radius 2 is 2.00 bits per heavy atom. The van der Waals surface area contributed by atoms with Gasteiger partial charge in [0.1, 0.15) is 0 Å². The van der Waals surface area contributed by atoms with Crippen molar-refractivity contribution in [3.63, 3.8) is 0 Å². The fraction of sp³-hybridized carbons (Fsp3) is 0.526. The van der Waals surface area contributed by atoms with Crippen molar-refractivity contribution in [2.24, 2.45) is 5.92 Å². The second-order valence-electron chi connectivity index (χ2n) is 6.96. The molecule has 2 aliphatic rings. The zero-order valence-corrected chi connectivity index (χ0v) is 13.0. The van der Waals surface area contributed by atoms with Gasteiger partial charge in [0.15, 0.2) is 0 Å². The highest BCUT2D eigenvalue weighted by atomic mass is 16.3. The molecule has 1 aromatic heterocycles. The molecule has 2 fully saturated rings. The molecule has 1 aromatic carbocycles. The van der Waals surface area contributed by atoms with Crippen LogP contribution in [0.15, 0.2) is 36.7 Å². The minimum absolute atomic E-state index is 0.172. The summed E-state index contributed by atoms with van der Waals surface area (Å²) in [5, 5.41) is 17.3. The largest absolute Gasteiger partial charge is 0.387 e. The topological polar surface area (TPSA) is 45.1 Å². The molecule has 2 N–H and O–H groups in total. The SMILES string of the molecule is O[C@]12CCCC[C@@H]1CCCC2Nc1cccc2cnccc12. The monoisotopic (exact) mass is 296 g/mol. The van der Waals surface area contributed by atoms with E-state index in [1.54, 1.807) is 0 Å². The van der Waals surface area contributed by atoms with E-state index in [1.165, 1.54) is 31.1 Å². The number of nitrogens with one attached hydrogen (secondary N) is 1. The Morgan fingerprint density at radius 3 is 2.95 bits per heavy atom. The number of aliphatic hydroxyl groups is 1.